The van der Waals surface area contributed by atoms with Crippen LogP contribution in [0.5, 0.6) is 11.5 Å². The maximum absolute atomic E-state index is 14.2. The van der Waals surface area contributed by atoms with Crippen molar-refractivity contribution in [3.8, 4) is 11.5 Å². The van der Waals surface area contributed by atoms with Crippen LogP contribution in [0.3, 0.4) is 0 Å². The number of fused-ring (bicyclic) bond motifs is 7. The number of phenolic OH excluding ortho intramolecular Hbond substituents is 2. The Balaban J connectivity index is 1.37. The smallest absolute Gasteiger partial charge is 0.342 e. The van der Waals surface area contributed by atoms with Gasteiger partial charge in [0, 0.05) is 49.3 Å². The maximum Gasteiger partial charge on any atom is 0.342 e. The highest BCUT2D eigenvalue weighted by Crippen LogP contribution is 2.80. The number of phenols is 2. The average Bonchev–Trinajstić information content (AvgIpc) is 3.85. The summed E-state index contributed by atoms with van der Waals surface area (Å²) in [6, 6.07) is 2.69. The van der Waals surface area contributed by atoms with Crippen LogP contribution >= 0.6 is 0 Å². The second-order valence-electron chi connectivity index (χ2n) is 12.1. The summed E-state index contributed by atoms with van der Waals surface area (Å²) >= 11 is 0. The molecule has 4 N–H and O–H groups in total. The molecule has 0 radical (unpaired) electrons. The van der Waals surface area contributed by atoms with Gasteiger partial charge in [-0.05, 0) is 37.1 Å². The number of methoxy groups -OCH3 is 2. The third-order valence-corrected chi connectivity index (χ3v) is 9.92. The lowest BCUT2D eigenvalue weighted by Gasteiger charge is -2.40. The second-order valence-corrected chi connectivity index (χ2v) is 12.1. The zero-order chi connectivity index (χ0) is 31.5. The molecular formula is C30H26O14. The van der Waals surface area contributed by atoms with Gasteiger partial charge in [-0.3, -0.25) is 9.59 Å². The molecule has 14 heteroatoms. The molecule has 2 aliphatic carbocycles. The summed E-state index contributed by atoms with van der Waals surface area (Å²) in [7, 11) is 2.22. The first kappa shape index (κ1) is 27.6. The Bertz CT molecular complexity index is 1670. The molecule has 8 rings (SSSR count). The first-order valence-corrected chi connectivity index (χ1v) is 13.9. The molecule has 0 aromatic heterocycles. The molecule has 4 aliphatic heterocycles. The average molecular weight is 611 g/mol. The van der Waals surface area contributed by atoms with Gasteiger partial charge in [-0.15, -0.1) is 0 Å². The summed E-state index contributed by atoms with van der Waals surface area (Å²) in [6.45, 7) is 3.28. The van der Waals surface area contributed by atoms with E-state index in [0.717, 1.165) is 14.2 Å². The van der Waals surface area contributed by atoms with E-state index in [2.05, 4.69) is 0 Å². The number of esters is 2. The molecule has 44 heavy (non-hydrogen) atoms. The highest BCUT2D eigenvalue weighted by Gasteiger charge is 3.03. The van der Waals surface area contributed by atoms with Gasteiger partial charge in [-0.1, -0.05) is 0 Å². The van der Waals surface area contributed by atoms with E-state index in [1.807, 2.05) is 0 Å². The molecule has 14 nitrogen and oxygen atoms in total. The number of epoxide rings is 2. The number of aliphatic hydroxyl groups excluding tert-OH is 2. The van der Waals surface area contributed by atoms with Crippen molar-refractivity contribution < 1.29 is 68.0 Å². The molecule has 4 heterocycles. The number of carbonyl (C=O) groups excluding carboxylic acids is 4. The number of benzene rings is 2. The summed E-state index contributed by atoms with van der Waals surface area (Å²) in [5.41, 5.74) is -6.13. The lowest BCUT2D eigenvalue weighted by Crippen LogP contribution is -2.61. The molecule has 6 aliphatic rings. The van der Waals surface area contributed by atoms with Crippen molar-refractivity contribution in [2.45, 2.75) is 73.9 Å². The van der Waals surface area contributed by atoms with E-state index < -0.39 is 93.3 Å². The zero-order valence-corrected chi connectivity index (χ0v) is 23.7. The summed E-state index contributed by atoms with van der Waals surface area (Å²) in [6.07, 6.45) is -4.89. The van der Waals surface area contributed by atoms with Crippen molar-refractivity contribution in [2.24, 2.45) is 0 Å². The number of ether oxygens (including phenoxy) is 6. The van der Waals surface area contributed by atoms with Crippen LogP contribution in [0.2, 0.25) is 0 Å². The van der Waals surface area contributed by atoms with E-state index in [-0.39, 0.29) is 35.1 Å². The van der Waals surface area contributed by atoms with Crippen LogP contribution in [-0.4, -0.2) is 93.1 Å². The van der Waals surface area contributed by atoms with Gasteiger partial charge in [0.15, 0.2) is 0 Å². The Hall–Kier alpha value is -3.92. The number of Topliss-reactive ketones (excluding diaryl/α,β-unsaturated/α-hetero) is 2. The lowest BCUT2D eigenvalue weighted by molar-refractivity contribution is -0.0580. The summed E-state index contributed by atoms with van der Waals surface area (Å²) < 4.78 is 33.6. The first-order valence-electron chi connectivity index (χ1n) is 13.9. The van der Waals surface area contributed by atoms with Gasteiger partial charge in [0.25, 0.3) is 11.6 Å². The Morgan fingerprint density at radius 2 is 1.07 bits per heavy atom. The molecule has 0 amide bonds. The van der Waals surface area contributed by atoms with Gasteiger partial charge in [0.1, 0.15) is 47.0 Å². The fraction of sp³-hybridized carbons (Fsp3) is 0.467. The third-order valence-electron chi connectivity index (χ3n) is 9.92. The van der Waals surface area contributed by atoms with Crippen LogP contribution in [0, 0.1) is 0 Å². The molecule has 2 saturated heterocycles. The van der Waals surface area contributed by atoms with Gasteiger partial charge in [0.05, 0.1) is 0 Å². The summed E-state index contributed by atoms with van der Waals surface area (Å²) in [4.78, 5) is 53.9. The molecule has 0 unspecified atom stereocenters. The van der Waals surface area contributed by atoms with Crippen molar-refractivity contribution >= 4 is 23.5 Å². The molecule has 2 aromatic rings. The lowest BCUT2D eigenvalue weighted by atomic mass is 9.63. The van der Waals surface area contributed by atoms with Crippen LogP contribution in [0.4, 0.5) is 0 Å². The van der Waals surface area contributed by atoms with E-state index in [4.69, 9.17) is 28.4 Å². The van der Waals surface area contributed by atoms with E-state index in [1.54, 1.807) is 13.8 Å². The molecular weight excluding hydrogens is 584 g/mol. The molecule has 0 bridgehead atoms. The highest BCUT2D eigenvalue weighted by molar-refractivity contribution is 6.13. The van der Waals surface area contributed by atoms with E-state index in [0.29, 0.717) is 11.1 Å². The molecule has 2 aromatic carbocycles. The monoisotopic (exact) mass is 610 g/mol. The number of hydrogen-bond acceptors (Lipinski definition) is 14. The van der Waals surface area contributed by atoms with Gasteiger partial charge in [-0.2, -0.15) is 0 Å². The largest absolute Gasteiger partial charge is 0.507 e. The predicted octanol–water partition coefficient (Wildman–Crippen LogP) is 0.684. The molecule has 230 valence electrons. The van der Waals surface area contributed by atoms with Crippen molar-refractivity contribution in [1.82, 2.24) is 0 Å². The number of cyclic esters (lactones) is 2. The van der Waals surface area contributed by atoms with Crippen molar-refractivity contribution in [2.75, 3.05) is 14.2 Å². The number of aromatic hydroxyl groups is 2. The number of ketones is 2. The Labute approximate surface area is 248 Å². The van der Waals surface area contributed by atoms with Crippen LogP contribution in [-0.2, 0) is 41.3 Å². The van der Waals surface area contributed by atoms with Gasteiger partial charge < -0.3 is 48.8 Å². The fourth-order valence-corrected chi connectivity index (χ4v) is 8.05. The molecule has 8 atom stereocenters. The maximum atomic E-state index is 14.2. The van der Waals surface area contributed by atoms with Gasteiger partial charge in [0.2, 0.25) is 22.8 Å². The number of aliphatic hydroxyl groups is 2. The number of rotatable bonds is 3. The van der Waals surface area contributed by atoms with E-state index >= 15 is 0 Å². The van der Waals surface area contributed by atoms with Crippen LogP contribution in [0.25, 0.3) is 0 Å². The molecule has 0 spiro atoms. The summed E-state index contributed by atoms with van der Waals surface area (Å²) in [5, 5.41) is 46.8. The zero-order valence-electron chi connectivity index (χ0n) is 23.7. The predicted molar refractivity (Wildman–Crippen MR) is 139 cm³/mol. The van der Waals surface area contributed by atoms with Crippen molar-refractivity contribution in [3.05, 3.63) is 56.6 Å². The minimum Gasteiger partial charge on any atom is -0.507 e. The van der Waals surface area contributed by atoms with Crippen molar-refractivity contribution in [3.63, 3.8) is 0 Å². The van der Waals surface area contributed by atoms with Gasteiger partial charge in [-0.25, -0.2) is 9.59 Å². The third kappa shape index (κ3) is 2.63. The fourth-order valence-electron chi connectivity index (χ4n) is 8.05. The minimum atomic E-state index is -2.46. The van der Waals surface area contributed by atoms with Crippen LogP contribution in [0.15, 0.2) is 12.1 Å². The second kappa shape index (κ2) is 8.02. The quantitative estimate of drug-likeness (QED) is 0.278. The Morgan fingerprint density at radius 1 is 0.705 bits per heavy atom. The van der Waals surface area contributed by atoms with Gasteiger partial charge >= 0.3 is 11.9 Å². The minimum absolute atomic E-state index is 0.173. The van der Waals surface area contributed by atoms with E-state index in [1.165, 1.54) is 12.1 Å². The first-order chi connectivity index (χ1) is 20.8. The standard InChI is InChI=1S/C30H26O14/c1-9-5-11-7-13-17(19(31)15(11)25(37)41-9)23(35)27(29(39-3,43-27)21(13)33)28-24(36)18-14(22(34)30(28,40-4)44-28)8-12-6-10(2)42-26(38)16(12)20(18)32/h7-10,23-24,31-32,35-36H,5-6H2,1-4H3/t9-,10-,23-,24-,27+,28+,29+,30+/m1/s1. The van der Waals surface area contributed by atoms with Crippen LogP contribution in [0.1, 0.15) is 89.7 Å². The number of carbonyl (C=O) groups is 4. The normalized spacial score (nSPS) is 39.1. The highest BCUT2D eigenvalue weighted by atomic mass is 16.9. The van der Waals surface area contributed by atoms with E-state index in [9.17, 15) is 39.6 Å². The SMILES string of the molecule is CO[C@@]12O[C@]1([C@]13O[C@@]1(OC)C(=O)c1cc4c(c(O)c1[C@H]3O)C(=O)O[C@H](C)C4)[C@H](O)c1c(cc3c(c1O)C(=O)O[C@H](C)C3)C2=O. The molecule has 0 saturated carbocycles. The number of hydrogen-bond donors (Lipinski definition) is 4. The Morgan fingerprint density at radius 3 is 1.41 bits per heavy atom. The Kier molecular flexibility index (Phi) is 5.03. The van der Waals surface area contributed by atoms with Crippen molar-refractivity contribution in [1.29, 1.82) is 0 Å². The molecule has 2 fully saturated rings. The van der Waals surface area contributed by atoms with Crippen LogP contribution < -0.4 is 0 Å². The summed E-state index contributed by atoms with van der Waals surface area (Å²) in [5.74, 6) is -9.76. The topological polar surface area (TPSA) is 211 Å².